The highest BCUT2D eigenvalue weighted by molar-refractivity contribution is 6.55. The summed E-state index contributed by atoms with van der Waals surface area (Å²) in [5, 5.41) is 9.53. The molecule has 28 heavy (non-hydrogen) atoms. The zero-order valence-corrected chi connectivity index (χ0v) is 16.9. The molecule has 2 aromatic carbocycles. The highest BCUT2D eigenvalue weighted by Gasteiger charge is 2.62. The Kier molecular flexibility index (Phi) is 5.98. The molecule has 0 bridgehead atoms. The number of rotatable bonds is 6. The first-order valence-electron chi connectivity index (χ1n) is 8.78. The van der Waals surface area contributed by atoms with Crippen molar-refractivity contribution in [1.29, 1.82) is 5.26 Å². The van der Waals surface area contributed by atoms with E-state index in [0.29, 0.717) is 17.1 Å². The first-order chi connectivity index (χ1) is 13.3. The van der Waals surface area contributed by atoms with Gasteiger partial charge in [0.2, 0.25) is 6.10 Å². The van der Waals surface area contributed by atoms with Crippen LogP contribution < -0.4 is 4.74 Å². The Balaban J connectivity index is 1.72. The van der Waals surface area contributed by atoms with Crippen LogP contribution in [0.25, 0.3) is 0 Å². The third-order valence-corrected chi connectivity index (χ3v) is 5.21. The van der Waals surface area contributed by atoms with Crippen LogP contribution in [-0.2, 0) is 9.53 Å². The summed E-state index contributed by atoms with van der Waals surface area (Å²) in [7, 11) is 0. The minimum absolute atomic E-state index is 0.114. The van der Waals surface area contributed by atoms with Crippen molar-refractivity contribution in [2.24, 2.45) is 17.3 Å². The van der Waals surface area contributed by atoms with Gasteiger partial charge in [-0.3, -0.25) is 4.79 Å². The minimum Gasteiger partial charge on any atom is -0.457 e. The maximum absolute atomic E-state index is 12.6. The average molecular weight is 416 g/mol. The van der Waals surface area contributed by atoms with E-state index in [2.05, 4.69) is 0 Å². The molecular weight excluding hydrogens is 397 g/mol. The van der Waals surface area contributed by atoms with Crippen LogP contribution in [0.1, 0.15) is 25.5 Å². The lowest BCUT2D eigenvalue weighted by Gasteiger charge is -2.13. The molecule has 0 N–H and O–H groups in total. The molecule has 0 amide bonds. The van der Waals surface area contributed by atoms with Crippen molar-refractivity contribution in [2.45, 2.75) is 20.0 Å². The minimum atomic E-state index is -1.03. The quantitative estimate of drug-likeness (QED) is 0.528. The molecule has 0 radical (unpaired) electrons. The Morgan fingerprint density at radius 2 is 1.82 bits per heavy atom. The van der Waals surface area contributed by atoms with Crippen molar-refractivity contribution in [3.8, 4) is 17.6 Å². The van der Waals surface area contributed by atoms with Gasteiger partial charge < -0.3 is 9.47 Å². The van der Waals surface area contributed by atoms with Gasteiger partial charge in [0.25, 0.3) is 0 Å². The molecule has 3 atom stereocenters. The summed E-state index contributed by atoms with van der Waals surface area (Å²) in [6, 6.07) is 18.3. The van der Waals surface area contributed by atoms with Crippen LogP contribution in [0.5, 0.6) is 11.5 Å². The largest absolute Gasteiger partial charge is 0.457 e. The number of esters is 1. The second-order valence-electron chi connectivity index (χ2n) is 7.21. The van der Waals surface area contributed by atoms with E-state index in [1.807, 2.05) is 50.2 Å². The van der Waals surface area contributed by atoms with Crippen LogP contribution in [0.3, 0.4) is 0 Å². The highest BCUT2D eigenvalue weighted by atomic mass is 35.5. The Labute approximate surface area is 174 Å². The van der Waals surface area contributed by atoms with Crippen molar-refractivity contribution in [1.82, 2.24) is 0 Å². The molecule has 144 valence electrons. The SMILES string of the molecule is CC1(C)[C@H](C=C(Cl)Cl)[C@@H]1C(=O)O[C@H](C#N)c1cccc(Oc2ccccc2)c1. The summed E-state index contributed by atoms with van der Waals surface area (Å²) < 4.78 is 11.4. The predicted octanol–water partition coefficient (Wildman–Crippen LogP) is 6.18. The predicted molar refractivity (Wildman–Crippen MR) is 108 cm³/mol. The summed E-state index contributed by atoms with van der Waals surface area (Å²) in [5.41, 5.74) is 0.231. The third kappa shape index (κ3) is 4.49. The molecule has 0 aromatic heterocycles. The Bertz CT molecular complexity index is 930. The van der Waals surface area contributed by atoms with E-state index in [4.69, 9.17) is 32.7 Å². The van der Waals surface area contributed by atoms with Gasteiger partial charge in [-0.15, -0.1) is 0 Å². The number of ether oxygens (including phenoxy) is 2. The molecule has 0 saturated heterocycles. The maximum Gasteiger partial charge on any atom is 0.311 e. The van der Waals surface area contributed by atoms with E-state index >= 15 is 0 Å². The number of carbonyl (C=O) groups excluding carboxylic acids is 1. The van der Waals surface area contributed by atoms with E-state index < -0.39 is 12.1 Å². The number of nitriles is 1. The number of para-hydroxylation sites is 1. The summed E-state index contributed by atoms with van der Waals surface area (Å²) in [4.78, 5) is 12.6. The van der Waals surface area contributed by atoms with Crippen molar-refractivity contribution >= 4 is 29.2 Å². The number of benzene rings is 2. The van der Waals surface area contributed by atoms with Crippen LogP contribution in [0.4, 0.5) is 0 Å². The number of hydrogen-bond donors (Lipinski definition) is 0. The van der Waals surface area contributed by atoms with Crippen LogP contribution in [0.2, 0.25) is 0 Å². The fourth-order valence-electron chi connectivity index (χ4n) is 3.30. The summed E-state index contributed by atoms with van der Waals surface area (Å²) in [5.74, 6) is 0.289. The van der Waals surface area contributed by atoms with E-state index in [1.165, 1.54) is 0 Å². The van der Waals surface area contributed by atoms with Gasteiger partial charge in [-0.05, 0) is 41.7 Å². The fourth-order valence-corrected chi connectivity index (χ4v) is 3.57. The molecule has 0 unspecified atom stereocenters. The summed E-state index contributed by atoms with van der Waals surface area (Å²) in [6.45, 7) is 3.87. The normalized spacial score (nSPS) is 20.4. The topological polar surface area (TPSA) is 59.3 Å². The highest BCUT2D eigenvalue weighted by Crippen LogP contribution is 2.60. The van der Waals surface area contributed by atoms with E-state index in [0.717, 1.165) is 0 Å². The Morgan fingerprint density at radius 1 is 1.14 bits per heavy atom. The monoisotopic (exact) mass is 415 g/mol. The second-order valence-corrected chi connectivity index (χ2v) is 8.22. The molecule has 0 spiro atoms. The van der Waals surface area contributed by atoms with Crippen molar-refractivity contribution in [3.05, 3.63) is 70.7 Å². The van der Waals surface area contributed by atoms with E-state index in [9.17, 15) is 10.1 Å². The van der Waals surface area contributed by atoms with Crippen molar-refractivity contribution in [3.63, 3.8) is 0 Å². The molecule has 3 rings (SSSR count). The van der Waals surface area contributed by atoms with Gasteiger partial charge >= 0.3 is 5.97 Å². The van der Waals surface area contributed by atoms with Gasteiger partial charge in [-0.2, -0.15) is 5.26 Å². The summed E-state index contributed by atoms with van der Waals surface area (Å²) in [6.07, 6.45) is 0.615. The third-order valence-electron chi connectivity index (χ3n) is 4.96. The van der Waals surface area contributed by atoms with Crippen LogP contribution in [0, 0.1) is 28.6 Å². The number of carbonyl (C=O) groups is 1. The lowest BCUT2D eigenvalue weighted by molar-refractivity contribution is -0.149. The van der Waals surface area contributed by atoms with Crippen molar-refractivity contribution in [2.75, 3.05) is 0 Å². The summed E-state index contributed by atoms with van der Waals surface area (Å²) >= 11 is 11.5. The average Bonchev–Trinajstić information content (AvgIpc) is 3.20. The molecule has 1 aliphatic carbocycles. The number of halogens is 2. The van der Waals surface area contributed by atoms with Gasteiger partial charge in [0.05, 0.1) is 5.92 Å². The van der Waals surface area contributed by atoms with Crippen LogP contribution in [0.15, 0.2) is 65.2 Å². The molecule has 0 heterocycles. The molecule has 6 heteroatoms. The van der Waals surface area contributed by atoms with Crippen molar-refractivity contribution < 1.29 is 14.3 Å². The molecule has 4 nitrogen and oxygen atoms in total. The Hall–Kier alpha value is -2.48. The van der Waals surface area contributed by atoms with Gasteiger partial charge in [0.15, 0.2) is 0 Å². The maximum atomic E-state index is 12.6. The van der Waals surface area contributed by atoms with Gasteiger partial charge in [-0.1, -0.05) is 67.4 Å². The molecule has 1 aliphatic rings. The zero-order valence-electron chi connectivity index (χ0n) is 15.4. The van der Waals surface area contributed by atoms with Crippen LogP contribution in [-0.4, -0.2) is 5.97 Å². The zero-order chi connectivity index (χ0) is 20.3. The smallest absolute Gasteiger partial charge is 0.311 e. The molecule has 2 aromatic rings. The van der Waals surface area contributed by atoms with Gasteiger partial charge in [-0.25, -0.2) is 0 Å². The Morgan fingerprint density at radius 3 is 2.46 bits per heavy atom. The first-order valence-corrected chi connectivity index (χ1v) is 9.54. The fraction of sp³-hybridized carbons (Fsp3) is 0.273. The van der Waals surface area contributed by atoms with Crippen LogP contribution >= 0.6 is 23.2 Å². The number of hydrogen-bond acceptors (Lipinski definition) is 4. The lowest BCUT2D eigenvalue weighted by Crippen LogP contribution is -2.14. The number of allylic oxidation sites excluding steroid dienone is 1. The molecule has 1 saturated carbocycles. The first kappa shape index (κ1) is 20.3. The van der Waals surface area contributed by atoms with E-state index in [1.54, 1.807) is 30.3 Å². The molecule has 0 aliphatic heterocycles. The van der Waals surface area contributed by atoms with E-state index in [-0.39, 0.29) is 21.7 Å². The molecular formula is C22H19Cl2NO3. The van der Waals surface area contributed by atoms with Gasteiger partial charge in [0.1, 0.15) is 22.1 Å². The lowest BCUT2D eigenvalue weighted by atomic mass is 10.1. The number of nitrogens with zero attached hydrogens (tertiary/aromatic N) is 1. The second kappa shape index (κ2) is 8.26. The molecule has 1 fully saturated rings. The standard InChI is InChI=1S/C22H19Cl2NO3/c1-22(2)17(12-19(23)24)20(22)21(26)28-18(13-25)14-7-6-10-16(11-14)27-15-8-4-3-5-9-15/h3-12,17-18,20H,1-2H3/t17-,18-,20-/m1/s1. The van der Waals surface area contributed by atoms with Gasteiger partial charge in [0, 0.05) is 5.56 Å².